The molecule has 2 atom stereocenters. The Morgan fingerprint density at radius 2 is 2.04 bits per heavy atom. The van der Waals surface area contributed by atoms with Crippen LogP contribution >= 0.6 is 0 Å². The van der Waals surface area contributed by atoms with Gasteiger partial charge in [-0.05, 0) is 19.1 Å². The van der Waals surface area contributed by atoms with Gasteiger partial charge in [-0.15, -0.1) is 0 Å². The molecule has 0 radical (unpaired) electrons. The molecular formula is C19H25N3O6. The summed E-state index contributed by atoms with van der Waals surface area (Å²) in [6.07, 6.45) is 0. The van der Waals surface area contributed by atoms with Gasteiger partial charge in [-0.2, -0.15) is 0 Å². The van der Waals surface area contributed by atoms with Crippen molar-refractivity contribution >= 4 is 17.8 Å². The number of aliphatic imine (C=N–C) groups is 1. The first-order valence-corrected chi connectivity index (χ1v) is 9.19. The number of nitrogens with one attached hydrogen (secondary N) is 1. The van der Waals surface area contributed by atoms with E-state index in [1.165, 1.54) is 7.11 Å². The smallest absolute Gasteiger partial charge is 0.321 e. The first-order chi connectivity index (χ1) is 13.6. The molecule has 1 fully saturated rings. The highest BCUT2D eigenvalue weighted by atomic mass is 16.5. The van der Waals surface area contributed by atoms with Crippen LogP contribution in [0.1, 0.15) is 18.5 Å². The largest absolute Gasteiger partial charge is 0.497 e. The molecule has 1 saturated heterocycles. The minimum atomic E-state index is -1.10. The van der Waals surface area contributed by atoms with Gasteiger partial charge in [0.15, 0.2) is 5.92 Å². The van der Waals surface area contributed by atoms with Crippen LogP contribution in [0.25, 0.3) is 0 Å². The SMILES string of the molecule is CCOC(=O)C1C(=O)NC(N2CCOCC2)=NC1c1ccc(OC)cc1OC. The summed E-state index contributed by atoms with van der Waals surface area (Å²) in [5, 5.41) is 2.75. The number of carbonyl (C=O) groups is 2. The maximum atomic E-state index is 12.9. The summed E-state index contributed by atoms with van der Waals surface area (Å²) in [6, 6.07) is 4.43. The van der Waals surface area contributed by atoms with Gasteiger partial charge in [0.2, 0.25) is 11.9 Å². The molecule has 2 heterocycles. The predicted molar refractivity (Wildman–Crippen MR) is 100 cm³/mol. The Morgan fingerprint density at radius 3 is 2.68 bits per heavy atom. The molecule has 1 aromatic rings. The van der Waals surface area contributed by atoms with Gasteiger partial charge in [-0.3, -0.25) is 14.9 Å². The highest BCUT2D eigenvalue weighted by molar-refractivity contribution is 6.08. The Balaban J connectivity index is 2.04. The van der Waals surface area contributed by atoms with Crippen LogP contribution in [0.3, 0.4) is 0 Å². The molecular weight excluding hydrogens is 366 g/mol. The zero-order valence-electron chi connectivity index (χ0n) is 16.3. The number of rotatable bonds is 5. The molecule has 1 amide bonds. The van der Waals surface area contributed by atoms with Crippen LogP contribution in [0.4, 0.5) is 0 Å². The van der Waals surface area contributed by atoms with E-state index in [-0.39, 0.29) is 6.61 Å². The lowest BCUT2D eigenvalue weighted by molar-refractivity contribution is -0.153. The van der Waals surface area contributed by atoms with E-state index in [0.717, 1.165) is 0 Å². The molecule has 0 saturated carbocycles. The molecule has 152 valence electrons. The Hall–Kier alpha value is -2.81. The molecule has 1 aromatic carbocycles. The van der Waals surface area contributed by atoms with Crippen molar-refractivity contribution in [3.63, 3.8) is 0 Å². The van der Waals surface area contributed by atoms with Gasteiger partial charge < -0.3 is 23.8 Å². The fraction of sp³-hybridized carbons (Fsp3) is 0.526. The minimum Gasteiger partial charge on any atom is -0.497 e. The number of hydrogen-bond acceptors (Lipinski definition) is 8. The zero-order chi connectivity index (χ0) is 20.1. The quantitative estimate of drug-likeness (QED) is 0.584. The van der Waals surface area contributed by atoms with Gasteiger partial charge in [-0.25, -0.2) is 4.99 Å². The third-order valence-corrected chi connectivity index (χ3v) is 4.71. The van der Waals surface area contributed by atoms with E-state index < -0.39 is 23.8 Å². The summed E-state index contributed by atoms with van der Waals surface area (Å²) in [6.45, 7) is 4.18. The standard InChI is InChI=1S/C19H25N3O6/c1-4-28-18(24)15-16(13-6-5-12(25-2)11-14(13)26-3)20-19(21-17(15)23)22-7-9-27-10-8-22/h5-6,11,15-16H,4,7-10H2,1-3H3,(H,20,21,23). The fourth-order valence-electron chi connectivity index (χ4n) is 3.29. The monoisotopic (exact) mass is 391 g/mol. The van der Waals surface area contributed by atoms with Crippen molar-refractivity contribution in [3.05, 3.63) is 23.8 Å². The van der Waals surface area contributed by atoms with Crippen molar-refractivity contribution in [2.45, 2.75) is 13.0 Å². The van der Waals surface area contributed by atoms with Crippen LogP contribution < -0.4 is 14.8 Å². The van der Waals surface area contributed by atoms with E-state index in [1.54, 1.807) is 32.2 Å². The molecule has 0 bridgehead atoms. The number of esters is 1. The van der Waals surface area contributed by atoms with Crippen LogP contribution in [-0.2, 0) is 19.1 Å². The third-order valence-electron chi connectivity index (χ3n) is 4.71. The second-order valence-electron chi connectivity index (χ2n) is 6.32. The lowest BCUT2D eigenvalue weighted by Gasteiger charge is -2.35. The number of ether oxygens (including phenoxy) is 4. The van der Waals surface area contributed by atoms with Crippen LogP contribution in [0.15, 0.2) is 23.2 Å². The lowest BCUT2D eigenvalue weighted by Crippen LogP contribution is -2.55. The molecule has 2 unspecified atom stereocenters. The first kappa shape index (κ1) is 19.9. The topological polar surface area (TPSA) is 98.7 Å². The highest BCUT2D eigenvalue weighted by Gasteiger charge is 2.43. The summed E-state index contributed by atoms with van der Waals surface area (Å²) in [7, 11) is 3.08. The number of amides is 1. The first-order valence-electron chi connectivity index (χ1n) is 9.19. The number of guanidine groups is 1. The fourth-order valence-corrected chi connectivity index (χ4v) is 3.29. The van der Waals surface area contributed by atoms with Crippen molar-refractivity contribution in [3.8, 4) is 11.5 Å². The molecule has 2 aliphatic heterocycles. The lowest BCUT2D eigenvalue weighted by atomic mass is 9.90. The Kier molecular flexibility index (Phi) is 6.35. The Labute approximate surface area is 163 Å². The predicted octanol–water partition coefficient (Wildman–Crippen LogP) is 0.742. The highest BCUT2D eigenvalue weighted by Crippen LogP contribution is 2.38. The van der Waals surface area contributed by atoms with E-state index in [1.807, 2.05) is 4.90 Å². The molecule has 0 aliphatic carbocycles. The van der Waals surface area contributed by atoms with E-state index in [9.17, 15) is 9.59 Å². The number of morpholine rings is 1. The second-order valence-corrected chi connectivity index (χ2v) is 6.32. The Bertz CT molecular complexity index is 760. The Morgan fingerprint density at radius 1 is 1.29 bits per heavy atom. The van der Waals surface area contributed by atoms with Crippen molar-refractivity contribution < 1.29 is 28.5 Å². The maximum Gasteiger partial charge on any atom is 0.321 e. The third kappa shape index (κ3) is 4.04. The normalized spacial score (nSPS) is 22.2. The summed E-state index contributed by atoms with van der Waals surface area (Å²) in [4.78, 5) is 32.0. The average Bonchev–Trinajstić information content (AvgIpc) is 2.73. The van der Waals surface area contributed by atoms with E-state index in [2.05, 4.69) is 5.32 Å². The summed E-state index contributed by atoms with van der Waals surface area (Å²) >= 11 is 0. The molecule has 28 heavy (non-hydrogen) atoms. The minimum absolute atomic E-state index is 0.176. The van der Waals surface area contributed by atoms with E-state index in [4.69, 9.17) is 23.9 Å². The van der Waals surface area contributed by atoms with Crippen molar-refractivity contribution in [2.75, 3.05) is 47.1 Å². The molecule has 0 spiro atoms. The molecule has 2 aliphatic rings. The summed E-state index contributed by atoms with van der Waals surface area (Å²) in [5.74, 6) is -0.654. The number of benzene rings is 1. The molecule has 0 aromatic heterocycles. The number of methoxy groups -OCH3 is 2. The van der Waals surface area contributed by atoms with Crippen LogP contribution in [0, 0.1) is 5.92 Å². The van der Waals surface area contributed by atoms with Crippen LogP contribution in [0.5, 0.6) is 11.5 Å². The zero-order valence-corrected chi connectivity index (χ0v) is 16.3. The number of hydrogen-bond donors (Lipinski definition) is 1. The number of carbonyl (C=O) groups excluding carboxylic acids is 2. The van der Waals surface area contributed by atoms with Crippen molar-refractivity contribution in [1.82, 2.24) is 10.2 Å². The summed E-state index contributed by atoms with van der Waals surface area (Å²) < 4.78 is 21.2. The van der Waals surface area contributed by atoms with Gasteiger partial charge in [0.1, 0.15) is 17.5 Å². The van der Waals surface area contributed by atoms with Gasteiger partial charge >= 0.3 is 5.97 Å². The average molecular weight is 391 g/mol. The summed E-state index contributed by atoms with van der Waals surface area (Å²) in [5.41, 5.74) is 0.613. The molecule has 9 heteroatoms. The number of nitrogens with zero attached hydrogens (tertiary/aromatic N) is 2. The van der Waals surface area contributed by atoms with Crippen LogP contribution in [-0.4, -0.2) is 69.9 Å². The van der Waals surface area contributed by atoms with E-state index in [0.29, 0.717) is 49.3 Å². The van der Waals surface area contributed by atoms with E-state index >= 15 is 0 Å². The molecule has 3 rings (SSSR count). The van der Waals surface area contributed by atoms with Gasteiger partial charge in [-0.1, -0.05) is 0 Å². The van der Waals surface area contributed by atoms with Gasteiger partial charge in [0.25, 0.3) is 0 Å². The van der Waals surface area contributed by atoms with Crippen molar-refractivity contribution in [2.24, 2.45) is 10.9 Å². The molecule has 9 nitrogen and oxygen atoms in total. The van der Waals surface area contributed by atoms with Gasteiger partial charge in [0.05, 0.1) is 34.0 Å². The maximum absolute atomic E-state index is 12.9. The van der Waals surface area contributed by atoms with Crippen LogP contribution in [0.2, 0.25) is 0 Å². The molecule has 1 N–H and O–H groups in total. The second kappa shape index (κ2) is 8.92. The van der Waals surface area contributed by atoms with Crippen molar-refractivity contribution in [1.29, 1.82) is 0 Å². The van der Waals surface area contributed by atoms with Gasteiger partial charge in [0, 0.05) is 24.7 Å².